The maximum atomic E-state index is 2.26. The van der Waals surface area contributed by atoms with E-state index in [-0.39, 0.29) is 0 Å². The van der Waals surface area contributed by atoms with Gasteiger partial charge in [0.2, 0.25) is 0 Å². The molecule has 0 saturated heterocycles. The molecule has 2 aromatic rings. The van der Waals surface area contributed by atoms with Crippen LogP contribution in [0, 0.1) is 27.7 Å². The molecule has 0 atom stereocenters. The Bertz CT molecular complexity index is 692. The Hall–Kier alpha value is -1.56. The van der Waals surface area contributed by atoms with Crippen molar-refractivity contribution in [2.24, 2.45) is 0 Å². The lowest BCUT2D eigenvalue weighted by Crippen LogP contribution is -1.94. The predicted molar refractivity (Wildman–Crippen MR) is 158 cm³/mol. The van der Waals surface area contributed by atoms with Gasteiger partial charge in [-0.1, -0.05) is 133 Å². The van der Waals surface area contributed by atoms with Gasteiger partial charge in [0, 0.05) is 0 Å². The molecule has 0 aliphatic heterocycles. The highest BCUT2D eigenvalue weighted by molar-refractivity contribution is 5.34. The summed E-state index contributed by atoms with van der Waals surface area (Å²) >= 11 is 0. The maximum absolute atomic E-state index is 2.26. The summed E-state index contributed by atoms with van der Waals surface area (Å²) in [7, 11) is 0. The predicted octanol–water partition coefficient (Wildman–Crippen LogP) is 11.3. The normalized spacial score (nSPS) is 11.3. The molecule has 0 spiro atoms. The van der Waals surface area contributed by atoms with Crippen LogP contribution in [0.5, 0.6) is 0 Å². The van der Waals surface area contributed by atoms with E-state index in [1.165, 1.54) is 144 Å². The topological polar surface area (TPSA) is 0 Å². The SMILES string of the molecule is Cc1cccc(C)c1CCCCCCCCCCCCCCCCCCCc1c(C)cccc1C. The molecule has 2 rings (SSSR count). The summed E-state index contributed by atoms with van der Waals surface area (Å²) in [6, 6.07) is 13.4. The highest BCUT2D eigenvalue weighted by atomic mass is 14.1. The average molecular weight is 477 g/mol. The molecule has 0 amide bonds. The maximum Gasteiger partial charge on any atom is -0.0274 e. The van der Waals surface area contributed by atoms with Gasteiger partial charge < -0.3 is 0 Å². The number of unbranched alkanes of at least 4 members (excludes halogenated alkanes) is 16. The first-order valence-electron chi connectivity index (χ1n) is 15.2. The molecule has 0 N–H and O–H groups in total. The third-order valence-corrected chi connectivity index (χ3v) is 8.14. The van der Waals surface area contributed by atoms with Crippen molar-refractivity contribution in [1.82, 2.24) is 0 Å². The molecule has 0 fully saturated rings. The standard InChI is InChI=1S/C35H56/c1-30-24-22-25-31(2)34(30)28-20-18-16-14-12-10-8-6-5-7-9-11-13-15-17-19-21-29-35-32(3)26-23-27-33(35)4/h22-27H,5-21,28-29H2,1-4H3. The molecule has 0 bridgehead atoms. The number of hydrogen-bond donors (Lipinski definition) is 0. The van der Waals surface area contributed by atoms with Crippen molar-refractivity contribution >= 4 is 0 Å². The van der Waals surface area contributed by atoms with Gasteiger partial charge in [0.15, 0.2) is 0 Å². The minimum Gasteiger partial charge on any atom is -0.0617 e. The van der Waals surface area contributed by atoms with Gasteiger partial charge in [0.25, 0.3) is 0 Å². The van der Waals surface area contributed by atoms with Crippen molar-refractivity contribution in [3.63, 3.8) is 0 Å². The van der Waals surface area contributed by atoms with Crippen LogP contribution in [0.1, 0.15) is 143 Å². The number of aryl methyl sites for hydroxylation is 4. The lowest BCUT2D eigenvalue weighted by Gasteiger charge is -2.09. The third-order valence-electron chi connectivity index (χ3n) is 8.14. The van der Waals surface area contributed by atoms with Crippen LogP contribution in [0.25, 0.3) is 0 Å². The van der Waals surface area contributed by atoms with Crippen molar-refractivity contribution in [1.29, 1.82) is 0 Å². The Kier molecular flexibility index (Phi) is 15.8. The van der Waals surface area contributed by atoms with E-state index in [0.29, 0.717) is 0 Å². The van der Waals surface area contributed by atoms with Crippen LogP contribution in [0.3, 0.4) is 0 Å². The van der Waals surface area contributed by atoms with Gasteiger partial charge in [0.05, 0.1) is 0 Å². The summed E-state index contributed by atoms with van der Waals surface area (Å²) in [5, 5.41) is 0. The van der Waals surface area contributed by atoms with Crippen molar-refractivity contribution in [2.45, 2.75) is 150 Å². The zero-order chi connectivity index (χ0) is 25.1. The lowest BCUT2D eigenvalue weighted by molar-refractivity contribution is 0.525. The van der Waals surface area contributed by atoms with Crippen LogP contribution in [0.4, 0.5) is 0 Å². The average Bonchev–Trinajstić information content (AvgIpc) is 2.83. The number of hydrogen-bond acceptors (Lipinski definition) is 0. The van der Waals surface area contributed by atoms with E-state index in [1.54, 1.807) is 11.1 Å². The highest BCUT2D eigenvalue weighted by Gasteiger charge is 2.03. The first-order chi connectivity index (χ1) is 17.1. The molecular weight excluding hydrogens is 420 g/mol. The molecule has 0 radical (unpaired) electrons. The zero-order valence-electron chi connectivity index (χ0n) is 23.9. The van der Waals surface area contributed by atoms with Gasteiger partial charge in [0.1, 0.15) is 0 Å². The van der Waals surface area contributed by atoms with Crippen LogP contribution in [0.15, 0.2) is 36.4 Å². The third kappa shape index (κ3) is 12.8. The van der Waals surface area contributed by atoms with Crippen LogP contribution in [-0.2, 0) is 12.8 Å². The molecule has 2 aromatic carbocycles. The van der Waals surface area contributed by atoms with Crippen LogP contribution in [0.2, 0.25) is 0 Å². The second-order valence-electron chi connectivity index (χ2n) is 11.3. The second kappa shape index (κ2) is 18.7. The summed E-state index contributed by atoms with van der Waals surface area (Å²) in [5.41, 5.74) is 9.09. The summed E-state index contributed by atoms with van der Waals surface area (Å²) in [4.78, 5) is 0. The molecule has 0 saturated carbocycles. The van der Waals surface area contributed by atoms with Crippen LogP contribution in [-0.4, -0.2) is 0 Å². The quantitative estimate of drug-likeness (QED) is 0.167. The van der Waals surface area contributed by atoms with Gasteiger partial charge in [-0.15, -0.1) is 0 Å². The van der Waals surface area contributed by atoms with Gasteiger partial charge in [-0.2, -0.15) is 0 Å². The largest absolute Gasteiger partial charge is 0.0617 e. The van der Waals surface area contributed by atoms with E-state index >= 15 is 0 Å². The van der Waals surface area contributed by atoms with E-state index < -0.39 is 0 Å². The Labute approximate surface area is 219 Å². The molecule has 0 heterocycles. The van der Waals surface area contributed by atoms with E-state index in [0.717, 1.165) is 0 Å². The fourth-order valence-electron chi connectivity index (χ4n) is 5.74. The van der Waals surface area contributed by atoms with Gasteiger partial charge in [-0.3, -0.25) is 0 Å². The molecule has 0 aromatic heterocycles. The summed E-state index contributed by atoms with van der Waals surface area (Å²) < 4.78 is 0. The molecule has 0 aliphatic carbocycles. The monoisotopic (exact) mass is 476 g/mol. The smallest absolute Gasteiger partial charge is 0.0274 e. The Morgan fingerprint density at radius 3 is 0.743 bits per heavy atom. The molecular formula is C35H56. The molecule has 35 heavy (non-hydrogen) atoms. The van der Waals surface area contributed by atoms with Gasteiger partial charge in [-0.25, -0.2) is 0 Å². The van der Waals surface area contributed by atoms with Crippen molar-refractivity contribution < 1.29 is 0 Å². The summed E-state index contributed by atoms with van der Waals surface area (Å²) in [6.45, 7) is 9.05. The molecule has 0 unspecified atom stereocenters. The molecule has 0 heteroatoms. The Morgan fingerprint density at radius 1 is 0.314 bits per heavy atom. The fraction of sp³-hybridized carbons (Fsp3) is 0.657. The minimum absolute atomic E-state index is 1.27. The zero-order valence-corrected chi connectivity index (χ0v) is 23.9. The minimum atomic E-state index is 1.27. The van der Waals surface area contributed by atoms with Crippen LogP contribution >= 0.6 is 0 Å². The van der Waals surface area contributed by atoms with Gasteiger partial charge >= 0.3 is 0 Å². The molecule has 0 nitrogen and oxygen atoms in total. The first-order valence-corrected chi connectivity index (χ1v) is 15.2. The number of benzene rings is 2. The van der Waals surface area contributed by atoms with E-state index in [1.807, 2.05) is 0 Å². The molecule has 0 aliphatic rings. The fourth-order valence-corrected chi connectivity index (χ4v) is 5.74. The summed E-state index contributed by atoms with van der Waals surface area (Å²) in [5.74, 6) is 0. The van der Waals surface area contributed by atoms with Crippen molar-refractivity contribution in [3.8, 4) is 0 Å². The van der Waals surface area contributed by atoms with E-state index in [2.05, 4.69) is 64.1 Å². The van der Waals surface area contributed by atoms with Crippen molar-refractivity contribution in [3.05, 3.63) is 69.8 Å². The first kappa shape index (κ1) is 29.7. The lowest BCUT2D eigenvalue weighted by atomic mass is 9.97. The number of rotatable bonds is 20. The van der Waals surface area contributed by atoms with E-state index in [9.17, 15) is 0 Å². The summed E-state index contributed by atoms with van der Waals surface area (Å²) in [6.07, 6.45) is 26.9. The van der Waals surface area contributed by atoms with E-state index in [4.69, 9.17) is 0 Å². The Balaban J connectivity index is 1.28. The van der Waals surface area contributed by atoms with Crippen LogP contribution < -0.4 is 0 Å². The van der Waals surface area contributed by atoms with Crippen molar-refractivity contribution in [2.75, 3.05) is 0 Å². The second-order valence-corrected chi connectivity index (χ2v) is 11.3. The highest BCUT2D eigenvalue weighted by Crippen LogP contribution is 2.19. The van der Waals surface area contributed by atoms with Gasteiger partial charge in [-0.05, 0) is 86.8 Å². The molecule has 196 valence electrons. The Morgan fingerprint density at radius 2 is 0.514 bits per heavy atom.